The van der Waals surface area contributed by atoms with Gasteiger partial charge >= 0.3 is 0 Å². The molecule has 0 aliphatic carbocycles. The van der Waals surface area contributed by atoms with Gasteiger partial charge in [-0.15, -0.1) is 0 Å². The van der Waals surface area contributed by atoms with Gasteiger partial charge in [-0.05, 0) is 18.8 Å². The van der Waals surface area contributed by atoms with Gasteiger partial charge in [0.1, 0.15) is 0 Å². The van der Waals surface area contributed by atoms with Gasteiger partial charge in [-0.1, -0.05) is 118 Å². The number of hydroxylamine groups is 1. The normalized spacial score (nSPS) is 13.6. The number of hydrogen-bond donors (Lipinski definition) is 3. The zero-order valence-electron chi connectivity index (χ0n) is 21.2. The highest BCUT2D eigenvalue weighted by Gasteiger charge is 2.27. The average molecular weight is 441 g/mol. The van der Waals surface area contributed by atoms with Crippen LogP contribution in [0.4, 0.5) is 0 Å². The molecule has 0 saturated carbocycles. The highest BCUT2D eigenvalue weighted by atomic mass is 16.5. The molecule has 0 heterocycles. The van der Waals surface area contributed by atoms with E-state index in [1.54, 1.807) is 5.48 Å². The van der Waals surface area contributed by atoms with Crippen molar-refractivity contribution in [2.24, 2.45) is 11.3 Å². The first-order valence-corrected chi connectivity index (χ1v) is 13.0. The van der Waals surface area contributed by atoms with Gasteiger partial charge in [0.05, 0.1) is 0 Å². The van der Waals surface area contributed by atoms with E-state index in [1.807, 2.05) is 6.92 Å². The predicted octanol–water partition coefficient (Wildman–Crippen LogP) is 6.92. The van der Waals surface area contributed by atoms with Crippen molar-refractivity contribution in [2.75, 3.05) is 0 Å². The molecule has 0 radical (unpaired) electrons. The molecule has 0 aromatic carbocycles. The molecule has 0 aromatic heterocycles. The van der Waals surface area contributed by atoms with Crippen LogP contribution in [-0.4, -0.2) is 23.1 Å². The summed E-state index contributed by atoms with van der Waals surface area (Å²) in [6.07, 6.45) is 18.9. The van der Waals surface area contributed by atoms with E-state index < -0.39 is 5.91 Å². The van der Waals surface area contributed by atoms with Crippen LogP contribution in [-0.2, 0) is 9.59 Å². The van der Waals surface area contributed by atoms with Crippen molar-refractivity contribution < 1.29 is 14.8 Å². The van der Waals surface area contributed by atoms with Crippen molar-refractivity contribution in [2.45, 2.75) is 143 Å². The Morgan fingerprint density at radius 2 is 1.19 bits per heavy atom. The zero-order valence-corrected chi connectivity index (χ0v) is 21.2. The molecule has 5 heteroatoms. The second-order valence-corrected chi connectivity index (χ2v) is 10.4. The summed E-state index contributed by atoms with van der Waals surface area (Å²) in [5.74, 6) is -0.955. The van der Waals surface area contributed by atoms with Crippen molar-refractivity contribution in [1.82, 2.24) is 10.8 Å². The number of amides is 2. The Hall–Kier alpha value is -1.10. The van der Waals surface area contributed by atoms with Gasteiger partial charge in [-0.3, -0.25) is 14.8 Å². The lowest BCUT2D eigenvalue weighted by molar-refractivity contribution is -0.135. The molecule has 0 aromatic rings. The lowest BCUT2D eigenvalue weighted by Gasteiger charge is -2.29. The van der Waals surface area contributed by atoms with E-state index in [2.05, 4.69) is 33.0 Å². The van der Waals surface area contributed by atoms with Crippen LogP contribution in [0.15, 0.2) is 0 Å². The van der Waals surface area contributed by atoms with E-state index in [0.717, 1.165) is 12.8 Å². The maximum atomic E-state index is 12.6. The Bertz CT molecular complexity index is 460. The molecule has 2 amide bonds. The molecule has 0 aliphatic heterocycles. The van der Waals surface area contributed by atoms with Crippen molar-refractivity contribution in [3.63, 3.8) is 0 Å². The Labute approximate surface area is 192 Å². The van der Waals surface area contributed by atoms with Crippen LogP contribution < -0.4 is 10.8 Å². The number of unbranched alkanes of at least 4 members (excludes halogenated alkanes) is 13. The molecule has 2 unspecified atom stereocenters. The lowest BCUT2D eigenvalue weighted by atomic mass is 9.87. The quantitative estimate of drug-likeness (QED) is 0.116. The Morgan fingerprint density at radius 3 is 1.58 bits per heavy atom. The van der Waals surface area contributed by atoms with Crippen LogP contribution >= 0.6 is 0 Å². The van der Waals surface area contributed by atoms with E-state index in [0.29, 0.717) is 6.42 Å². The first kappa shape index (κ1) is 29.9. The van der Waals surface area contributed by atoms with Crippen molar-refractivity contribution in [3.8, 4) is 0 Å². The number of hydrogen-bond acceptors (Lipinski definition) is 3. The maximum absolute atomic E-state index is 12.6. The summed E-state index contributed by atoms with van der Waals surface area (Å²) in [6.45, 7) is 10.5. The van der Waals surface area contributed by atoms with E-state index in [-0.39, 0.29) is 29.7 Å². The van der Waals surface area contributed by atoms with Crippen LogP contribution in [0.1, 0.15) is 137 Å². The first-order chi connectivity index (χ1) is 14.7. The molecule has 0 fully saturated rings. The molecule has 3 N–H and O–H groups in total. The summed E-state index contributed by atoms with van der Waals surface area (Å²) in [4.78, 5) is 24.3. The summed E-state index contributed by atoms with van der Waals surface area (Å²) in [5, 5.41) is 11.9. The third kappa shape index (κ3) is 17.2. The Morgan fingerprint density at radius 1 is 0.774 bits per heavy atom. The fraction of sp³-hybridized carbons (Fsp3) is 0.923. The minimum absolute atomic E-state index is 0.0241. The maximum Gasteiger partial charge on any atom is 0.244 e. The molecule has 31 heavy (non-hydrogen) atoms. The van der Waals surface area contributed by atoms with Crippen molar-refractivity contribution in [1.29, 1.82) is 0 Å². The smallest absolute Gasteiger partial charge is 0.244 e. The standard InChI is InChI=1S/C26H52N2O3/c1-6-7-8-9-10-11-12-13-14-15-16-17-18-19-20-23(21-24(29)28-31)25(30)27-22(2)26(3,4)5/h22-23,31H,6-21H2,1-5H3,(H,27,30)(H,28,29). The van der Waals surface area contributed by atoms with Gasteiger partial charge in [0.2, 0.25) is 11.8 Å². The molecule has 0 spiro atoms. The number of carbonyl (C=O) groups is 2. The molecule has 0 rings (SSSR count). The van der Waals surface area contributed by atoms with Crippen molar-refractivity contribution >= 4 is 11.8 Å². The Kier molecular flexibility index (Phi) is 17.8. The SMILES string of the molecule is CCCCCCCCCCCCCCCCC(CC(=O)NO)C(=O)NC(C)C(C)(C)C. The van der Waals surface area contributed by atoms with Crippen LogP contribution in [0, 0.1) is 11.3 Å². The molecule has 2 atom stereocenters. The highest BCUT2D eigenvalue weighted by molar-refractivity contribution is 5.85. The van der Waals surface area contributed by atoms with Crippen LogP contribution in [0.2, 0.25) is 0 Å². The number of nitrogens with one attached hydrogen (secondary N) is 2. The highest BCUT2D eigenvalue weighted by Crippen LogP contribution is 2.21. The topological polar surface area (TPSA) is 78.4 Å². The zero-order chi connectivity index (χ0) is 23.5. The lowest BCUT2D eigenvalue weighted by Crippen LogP contribution is -2.45. The average Bonchev–Trinajstić information content (AvgIpc) is 2.72. The number of rotatable bonds is 19. The van der Waals surface area contributed by atoms with Crippen LogP contribution in [0.3, 0.4) is 0 Å². The fourth-order valence-corrected chi connectivity index (χ4v) is 3.73. The molecular formula is C26H52N2O3. The second-order valence-electron chi connectivity index (χ2n) is 10.4. The summed E-state index contributed by atoms with van der Waals surface area (Å²) in [6, 6.07) is 0.0241. The third-order valence-corrected chi connectivity index (χ3v) is 6.49. The van der Waals surface area contributed by atoms with Gasteiger partial charge in [-0.2, -0.15) is 0 Å². The van der Waals surface area contributed by atoms with E-state index in [1.165, 1.54) is 77.0 Å². The first-order valence-electron chi connectivity index (χ1n) is 13.0. The Balaban J connectivity index is 3.92. The van der Waals surface area contributed by atoms with E-state index in [9.17, 15) is 9.59 Å². The van der Waals surface area contributed by atoms with Gasteiger partial charge < -0.3 is 5.32 Å². The summed E-state index contributed by atoms with van der Waals surface area (Å²) >= 11 is 0. The van der Waals surface area contributed by atoms with Gasteiger partial charge in [0.25, 0.3) is 0 Å². The van der Waals surface area contributed by atoms with Gasteiger partial charge in [0, 0.05) is 18.4 Å². The summed E-state index contributed by atoms with van der Waals surface area (Å²) < 4.78 is 0. The molecule has 0 saturated heterocycles. The molecule has 0 aliphatic rings. The van der Waals surface area contributed by atoms with Crippen LogP contribution in [0.5, 0.6) is 0 Å². The third-order valence-electron chi connectivity index (χ3n) is 6.49. The molecule has 0 bridgehead atoms. The minimum Gasteiger partial charge on any atom is -0.353 e. The van der Waals surface area contributed by atoms with E-state index >= 15 is 0 Å². The molecule has 184 valence electrons. The molecule has 5 nitrogen and oxygen atoms in total. The summed E-state index contributed by atoms with van der Waals surface area (Å²) in [5.41, 5.74) is 1.63. The van der Waals surface area contributed by atoms with Gasteiger partial charge in [-0.25, -0.2) is 5.48 Å². The molecular weight excluding hydrogens is 388 g/mol. The van der Waals surface area contributed by atoms with Crippen LogP contribution in [0.25, 0.3) is 0 Å². The summed E-state index contributed by atoms with van der Waals surface area (Å²) in [7, 11) is 0. The monoisotopic (exact) mass is 440 g/mol. The second kappa shape index (κ2) is 18.5. The van der Waals surface area contributed by atoms with Crippen molar-refractivity contribution in [3.05, 3.63) is 0 Å². The largest absolute Gasteiger partial charge is 0.353 e. The predicted molar refractivity (Wildman–Crippen MR) is 130 cm³/mol. The van der Waals surface area contributed by atoms with E-state index in [4.69, 9.17) is 5.21 Å². The number of carbonyl (C=O) groups excluding carboxylic acids is 2. The minimum atomic E-state index is -0.492. The van der Waals surface area contributed by atoms with Gasteiger partial charge in [0.15, 0.2) is 0 Å². The fourth-order valence-electron chi connectivity index (χ4n) is 3.73.